The van der Waals surface area contributed by atoms with Crippen LogP contribution in [0.3, 0.4) is 0 Å². The first-order valence-electron chi connectivity index (χ1n) is 9.46. The van der Waals surface area contributed by atoms with Crippen molar-refractivity contribution in [2.75, 3.05) is 11.9 Å². The van der Waals surface area contributed by atoms with Crippen LogP contribution in [0.15, 0.2) is 37.6 Å². The van der Waals surface area contributed by atoms with Gasteiger partial charge in [0.05, 0.1) is 0 Å². The van der Waals surface area contributed by atoms with Crippen molar-refractivity contribution in [3.8, 4) is 0 Å². The minimum Gasteiger partial charge on any atom is -0.147 e. The van der Waals surface area contributed by atoms with Crippen molar-refractivity contribution in [3.05, 3.63) is 53.6 Å². The van der Waals surface area contributed by atoms with Gasteiger partial charge in [0.25, 0.3) is 0 Å². The number of benzene rings is 1. The van der Waals surface area contributed by atoms with E-state index in [0.717, 1.165) is 6.42 Å². The molecule has 152 valence electrons. The molecule has 0 saturated carbocycles. The SMILES string of the molecule is CC1=Cc2c(Br)c3c(cc2=[C]1[Zr]([CH3])([CH3])(=[SiH2])[C]1=CC=CC1)N(C)C(C)C=3C.Cl.Cl. The normalized spacial score (nSPS) is 20.4. The fourth-order valence-corrected chi connectivity index (χ4v) is 20.5. The molecule has 0 fully saturated rings. The Hall–Kier alpha value is 0.140. The molecule has 1 heterocycles. The van der Waals surface area contributed by atoms with E-state index < -0.39 is 17.4 Å². The van der Waals surface area contributed by atoms with Gasteiger partial charge >= 0.3 is 169 Å². The number of halogens is 3. The molecular weight excluding hydrogens is 548 g/mol. The molecule has 0 amide bonds. The van der Waals surface area contributed by atoms with E-state index >= 15 is 0 Å². The monoisotopic (exact) mass is 575 g/mol. The molecule has 3 aliphatic rings. The van der Waals surface area contributed by atoms with Gasteiger partial charge in [0.15, 0.2) is 0 Å². The standard InChI is InChI=1S/C15H15BrN.C5H5.2CH3.2ClH.H2Si.Zr/c1-8-5-11-7-13-14(15(16)12(11)6-8)9(2)10(3)17(13)4;1-2-4-5-3-1;;;;;;/h6-7,10H,1-4H3;1-3H,4H2;2*1H3;2*1H;1H2;. The van der Waals surface area contributed by atoms with Gasteiger partial charge in [0, 0.05) is 0 Å². The summed E-state index contributed by atoms with van der Waals surface area (Å²) in [6.07, 6.45) is 10.6. The topological polar surface area (TPSA) is 3.24 Å². The maximum absolute atomic E-state index is 3.99. The molecule has 1 nitrogen and oxygen atoms in total. The predicted molar refractivity (Wildman–Crippen MR) is 134 cm³/mol. The second kappa shape index (κ2) is 7.68. The van der Waals surface area contributed by atoms with Gasteiger partial charge in [0.2, 0.25) is 0 Å². The average molecular weight is 579 g/mol. The fourth-order valence-electron chi connectivity index (χ4n) is 5.13. The molecule has 0 radical (unpaired) electrons. The van der Waals surface area contributed by atoms with E-state index in [1.54, 1.807) is 6.56 Å². The molecule has 0 N–H and O–H groups in total. The van der Waals surface area contributed by atoms with Gasteiger partial charge < -0.3 is 0 Å². The van der Waals surface area contributed by atoms with Crippen molar-refractivity contribution in [1.29, 1.82) is 0 Å². The minimum absolute atomic E-state index is 0. The van der Waals surface area contributed by atoms with E-state index in [0.29, 0.717) is 6.04 Å². The number of fused-ring (bicyclic) bond motifs is 2. The third kappa shape index (κ3) is 3.26. The Bertz CT molecular complexity index is 1150. The van der Waals surface area contributed by atoms with Crippen molar-refractivity contribution in [2.45, 2.75) is 42.5 Å². The second-order valence-electron chi connectivity index (χ2n) is 9.23. The second-order valence-corrected chi connectivity index (χ2v) is 38.6. The van der Waals surface area contributed by atoms with Gasteiger partial charge in [-0.1, -0.05) is 0 Å². The summed E-state index contributed by atoms with van der Waals surface area (Å²) in [4.78, 5) is 2.43. The van der Waals surface area contributed by atoms with Crippen LogP contribution in [0, 0.1) is 0 Å². The maximum Gasteiger partial charge on any atom is -0.147 e. The number of anilines is 1. The first kappa shape index (κ1) is 24.4. The van der Waals surface area contributed by atoms with E-state index in [-0.39, 0.29) is 24.8 Å². The summed E-state index contributed by atoms with van der Waals surface area (Å²) in [7, 11) is 2.23. The van der Waals surface area contributed by atoms with Gasteiger partial charge in [-0.15, -0.1) is 24.8 Å². The summed E-state index contributed by atoms with van der Waals surface area (Å²) < 4.78 is 9.92. The third-order valence-electron chi connectivity index (χ3n) is 6.89. The Balaban J connectivity index is 0.00000140. The van der Waals surface area contributed by atoms with Crippen molar-refractivity contribution in [1.82, 2.24) is 0 Å². The summed E-state index contributed by atoms with van der Waals surface area (Å²) >= 11 is 0.815. The van der Waals surface area contributed by atoms with Crippen LogP contribution in [0.4, 0.5) is 5.69 Å². The number of nitrogens with zero attached hydrogens (tertiary/aromatic N) is 1. The quantitative estimate of drug-likeness (QED) is 0.447. The Labute approximate surface area is 192 Å². The van der Waals surface area contributed by atoms with E-state index in [1.807, 2.05) is 0 Å². The first-order chi connectivity index (χ1) is 12.0. The third-order valence-corrected chi connectivity index (χ3v) is 24.0. The smallest absolute Gasteiger partial charge is 0.147 e. The molecule has 6 heteroatoms. The van der Waals surface area contributed by atoms with Crippen molar-refractivity contribution >= 4 is 68.2 Å². The largest absolute Gasteiger partial charge is 0.147 e. The van der Waals surface area contributed by atoms with Gasteiger partial charge in [-0.25, -0.2) is 0 Å². The van der Waals surface area contributed by atoms with Crippen LogP contribution in [0.2, 0.25) is 9.26 Å². The molecule has 1 aliphatic heterocycles. The molecule has 1 aromatic rings. The minimum atomic E-state index is -3.18. The Kier molecular flexibility index (Phi) is 6.70. The van der Waals surface area contributed by atoms with E-state index in [2.05, 4.69) is 95.2 Å². The fraction of sp³-hybridized carbons (Fsp3) is 0.364. The van der Waals surface area contributed by atoms with Crippen LogP contribution >= 0.6 is 40.7 Å². The Morgan fingerprint density at radius 1 is 1.21 bits per heavy atom. The van der Waals surface area contributed by atoms with Gasteiger partial charge in [-0.3, -0.25) is 0 Å². The van der Waals surface area contributed by atoms with Crippen LogP contribution in [0.5, 0.6) is 0 Å². The first-order valence-corrected chi connectivity index (χ1v) is 23.5. The van der Waals surface area contributed by atoms with Crippen molar-refractivity contribution in [3.63, 3.8) is 0 Å². The number of hydrogen-bond acceptors (Lipinski definition) is 1. The number of hydrogen-bond donors (Lipinski definition) is 0. The molecule has 1 atom stereocenters. The average Bonchev–Trinajstić information content (AvgIpc) is 3.24. The van der Waals surface area contributed by atoms with Gasteiger partial charge in [0.1, 0.15) is 0 Å². The van der Waals surface area contributed by atoms with Crippen molar-refractivity contribution in [2.24, 2.45) is 0 Å². The van der Waals surface area contributed by atoms with Crippen LogP contribution in [-0.4, -0.2) is 20.0 Å². The van der Waals surface area contributed by atoms with Crippen molar-refractivity contribution < 1.29 is 17.4 Å². The van der Waals surface area contributed by atoms with Gasteiger partial charge in [-0.2, -0.15) is 0 Å². The molecule has 0 spiro atoms. The Morgan fingerprint density at radius 3 is 2.43 bits per heavy atom. The Morgan fingerprint density at radius 2 is 1.86 bits per heavy atom. The zero-order chi connectivity index (χ0) is 19.0. The number of rotatable bonds is 2. The molecule has 0 bridgehead atoms. The molecule has 1 aromatic carbocycles. The summed E-state index contributed by atoms with van der Waals surface area (Å²) in [5.41, 5.74) is 5.74. The van der Waals surface area contributed by atoms with E-state index in [1.165, 1.54) is 37.3 Å². The maximum atomic E-state index is 3.99. The zero-order valence-corrected chi connectivity index (χ0v) is 24.6. The summed E-state index contributed by atoms with van der Waals surface area (Å²) in [6.45, 7) is 9.25. The molecule has 1 unspecified atom stereocenters. The van der Waals surface area contributed by atoms with Crippen LogP contribution < -0.4 is 15.3 Å². The molecule has 0 aromatic heterocycles. The summed E-state index contributed by atoms with van der Waals surface area (Å²) in [5.74, 6) is 0. The van der Waals surface area contributed by atoms with Gasteiger partial charge in [-0.05, 0) is 0 Å². The van der Waals surface area contributed by atoms with Crippen LogP contribution in [-0.2, 0) is 17.4 Å². The van der Waals surface area contributed by atoms with E-state index in [4.69, 9.17) is 0 Å². The summed E-state index contributed by atoms with van der Waals surface area (Å²) in [5, 5.41) is 2.90. The molecule has 4 rings (SSSR count). The molecule has 2 aliphatic carbocycles. The van der Waals surface area contributed by atoms with Crippen LogP contribution in [0.25, 0.3) is 14.9 Å². The predicted octanol–water partition coefficient (Wildman–Crippen LogP) is 5.00. The molecule has 28 heavy (non-hydrogen) atoms. The van der Waals surface area contributed by atoms with Crippen LogP contribution in [0.1, 0.15) is 32.8 Å². The van der Waals surface area contributed by atoms with E-state index in [9.17, 15) is 0 Å². The molecular formula is C22H30BrCl2NSiZr. The zero-order valence-electron chi connectivity index (χ0n) is 17.5. The molecule has 0 saturated heterocycles. The number of allylic oxidation sites excluding steroid dienone is 5. The summed E-state index contributed by atoms with van der Waals surface area (Å²) in [6, 6.07) is 2.95.